The van der Waals surface area contributed by atoms with Crippen LogP contribution in [-0.2, 0) is 9.59 Å². The van der Waals surface area contributed by atoms with Gasteiger partial charge in [0, 0.05) is 19.0 Å². The molecule has 146 valence electrons. The van der Waals surface area contributed by atoms with Crippen molar-refractivity contribution >= 4 is 23.2 Å². The third kappa shape index (κ3) is 5.91. The van der Waals surface area contributed by atoms with Crippen LogP contribution in [0.15, 0.2) is 41.8 Å². The van der Waals surface area contributed by atoms with E-state index in [-0.39, 0.29) is 30.9 Å². The van der Waals surface area contributed by atoms with Gasteiger partial charge in [-0.3, -0.25) is 14.9 Å². The number of likely N-dealkylation sites (N-methyl/N-ethyl adjacent to an activating group) is 2. The Balaban J connectivity index is 2.10. The summed E-state index contributed by atoms with van der Waals surface area (Å²) >= 11 is 1.66. The molecule has 0 saturated carbocycles. The average molecular weight is 388 g/mol. The largest absolute Gasteiger partial charge is 0.358 e. The number of nitrogens with zero attached hydrogens (tertiary/aromatic N) is 1. The summed E-state index contributed by atoms with van der Waals surface area (Å²) in [4.78, 5) is 26.4. The fourth-order valence-corrected chi connectivity index (χ4v) is 3.62. The molecule has 1 heterocycles. The van der Waals surface area contributed by atoms with E-state index in [0.717, 1.165) is 16.9 Å². The molecule has 6 heteroatoms. The van der Waals surface area contributed by atoms with Crippen molar-refractivity contribution in [3.63, 3.8) is 0 Å². The van der Waals surface area contributed by atoms with Gasteiger partial charge >= 0.3 is 0 Å². The zero-order valence-electron chi connectivity index (χ0n) is 16.5. The highest BCUT2D eigenvalue weighted by Crippen LogP contribution is 2.28. The van der Waals surface area contributed by atoms with Crippen molar-refractivity contribution in [2.75, 3.05) is 27.2 Å². The van der Waals surface area contributed by atoms with Crippen LogP contribution in [0.25, 0.3) is 0 Å². The zero-order chi connectivity index (χ0) is 19.8. The standard InChI is InChI=1S/C21H29N3O2S/c1-5-15(2)16-8-10-17(11-9-16)21(18-7-6-12-27-18)23-13-20(26)24(4)14-19(25)22-3/h6-12,15,21,23H,5,13-14H2,1-4H3,(H,22,25)/t15-,21+/m0/s1. The average Bonchev–Trinajstić information content (AvgIpc) is 3.22. The van der Waals surface area contributed by atoms with Crippen LogP contribution in [0.4, 0.5) is 0 Å². The van der Waals surface area contributed by atoms with Crippen LogP contribution in [0.5, 0.6) is 0 Å². The van der Waals surface area contributed by atoms with Gasteiger partial charge in [-0.05, 0) is 34.9 Å². The highest BCUT2D eigenvalue weighted by atomic mass is 32.1. The van der Waals surface area contributed by atoms with Crippen LogP contribution < -0.4 is 10.6 Å². The van der Waals surface area contributed by atoms with Gasteiger partial charge in [0.15, 0.2) is 0 Å². The summed E-state index contributed by atoms with van der Waals surface area (Å²) in [7, 11) is 3.20. The first-order chi connectivity index (χ1) is 13.0. The minimum absolute atomic E-state index is 0.0478. The third-order valence-electron chi connectivity index (χ3n) is 4.82. The van der Waals surface area contributed by atoms with Crippen molar-refractivity contribution in [3.8, 4) is 0 Å². The molecule has 2 rings (SSSR count). The van der Waals surface area contributed by atoms with E-state index in [1.807, 2.05) is 11.4 Å². The van der Waals surface area contributed by atoms with Crippen molar-refractivity contribution in [3.05, 3.63) is 57.8 Å². The molecular weight excluding hydrogens is 358 g/mol. The highest BCUT2D eigenvalue weighted by Gasteiger charge is 2.18. The van der Waals surface area contributed by atoms with E-state index >= 15 is 0 Å². The zero-order valence-corrected chi connectivity index (χ0v) is 17.3. The molecule has 0 fully saturated rings. The van der Waals surface area contributed by atoms with Crippen molar-refractivity contribution in [1.29, 1.82) is 0 Å². The van der Waals surface area contributed by atoms with Crippen LogP contribution in [-0.4, -0.2) is 43.9 Å². The SMILES string of the molecule is CC[C@H](C)c1ccc([C@@H](NCC(=O)N(C)CC(=O)NC)c2cccs2)cc1. The number of amides is 2. The van der Waals surface area contributed by atoms with Gasteiger partial charge in [0.2, 0.25) is 11.8 Å². The third-order valence-corrected chi connectivity index (χ3v) is 5.76. The summed E-state index contributed by atoms with van der Waals surface area (Å²) in [5.74, 6) is 0.241. The lowest BCUT2D eigenvalue weighted by molar-refractivity contribution is -0.133. The number of hydrogen-bond acceptors (Lipinski definition) is 4. The van der Waals surface area contributed by atoms with Gasteiger partial charge in [-0.15, -0.1) is 11.3 Å². The summed E-state index contributed by atoms with van der Waals surface area (Å²) in [5, 5.41) is 7.93. The maximum absolute atomic E-state index is 12.4. The van der Waals surface area contributed by atoms with Crippen molar-refractivity contribution < 1.29 is 9.59 Å². The molecule has 1 aromatic carbocycles. The Bertz CT molecular complexity index is 728. The summed E-state index contributed by atoms with van der Waals surface area (Å²) in [6.45, 7) is 4.65. The normalized spacial score (nSPS) is 13.0. The van der Waals surface area contributed by atoms with Crippen LogP contribution in [0, 0.1) is 0 Å². The molecule has 27 heavy (non-hydrogen) atoms. The molecule has 0 radical (unpaired) electrons. The van der Waals surface area contributed by atoms with Crippen LogP contribution >= 0.6 is 11.3 Å². The maximum atomic E-state index is 12.4. The maximum Gasteiger partial charge on any atom is 0.239 e. The van der Waals surface area contributed by atoms with Crippen LogP contribution in [0.3, 0.4) is 0 Å². The lowest BCUT2D eigenvalue weighted by Gasteiger charge is -2.21. The topological polar surface area (TPSA) is 61.4 Å². The monoisotopic (exact) mass is 387 g/mol. The number of hydrogen-bond donors (Lipinski definition) is 2. The Morgan fingerprint density at radius 3 is 2.37 bits per heavy atom. The summed E-state index contributed by atoms with van der Waals surface area (Å²) in [6, 6.07) is 12.7. The number of thiophene rings is 1. The molecule has 2 aromatic rings. The van der Waals surface area contributed by atoms with Gasteiger partial charge in [-0.2, -0.15) is 0 Å². The van der Waals surface area contributed by atoms with E-state index in [4.69, 9.17) is 0 Å². The number of carbonyl (C=O) groups excluding carboxylic acids is 2. The van der Waals surface area contributed by atoms with Gasteiger partial charge in [-0.25, -0.2) is 0 Å². The number of rotatable bonds is 9. The second-order valence-corrected chi connectivity index (χ2v) is 7.71. The molecule has 0 aliphatic rings. The Hall–Kier alpha value is -2.18. The second-order valence-electron chi connectivity index (χ2n) is 6.73. The fourth-order valence-electron chi connectivity index (χ4n) is 2.80. The lowest BCUT2D eigenvalue weighted by atomic mass is 9.95. The molecule has 1 aromatic heterocycles. The van der Waals surface area contributed by atoms with Gasteiger partial charge in [-0.1, -0.05) is 44.2 Å². The molecule has 2 atom stereocenters. The van der Waals surface area contributed by atoms with Crippen molar-refractivity contribution in [2.24, 2.45) is 0 Å². The first-order valence-corrected chi connectivity index (χ1v) is 10.1. The molecule has 0 aliphatic heterocycles. The molecule has 0 aliphatic carbocycles. The molecule has 0 saturated heterocycles. The van der Waals surface area contributed by atoms with Gasteiger partial charge < -0.3 is 10.2 Å². The minimum atomic E-state index is -0.179. The van der Waals surface area contributed by atoms with E-state index in [1.54, 1.807) is 25.4 Å². The summed E-state index contributed by atoms with van der Waals surface area (Å²) < 4.78 is 0. The smallest absolute Gasteiger partial charge is 0.239 e. The van der Waals surface area contributed by atoms with E-state index in [9.17, 15) is 9.59 Å². The van der Waals surface area contributed by atoms with E-state index in [1.165, 1.54) is 10.5 Å². The number of benzene rings is 1. The molecule has 0 bridgehead atoms. The van der Waals surface area contributed by atoms with Gasteiger partial charge in [0.1, 0.15) is 0 Å². The van der Waals surface area contributed by atoms with Gasteiger partial charge in [0.25, 0.3) is 0 Å². The van der Waals surface area contributed by atoms with Crippen molar-refractivity contribution in [2.45, 2.75) is 32.2 Å². The predicted octanol–water partition coefficient (Wildman–Crippen LogP) is 3.15. The van der Waals surface area contributed by atoms with E-state index < -0.39 is 0 Å². The Morgan fingerprint density at radius 1 is 1.15 bits per heavy atom. The molecule has 2 N–H and O–H groups in total. The lowest BCUT2D eigenvalue weighted by Crippen LogP contribution is -2.42. The predicted molar refractivity (Wildman–Crippen MR) is 111 cm³/mol. The van der Waals surface area contributed by atoms with Gasteiger partial charge in [0.05, 0.1) is 19.1 Å². The Kier molecular flexibility index (Phi) is 8.00. The Labute approximate surface area is 165 Å². The quantitative estimate of drug-likeness (QED) is 0.695. The van der Waals surface area contributed by atoms with E-state index in [2.05, 4.69) is 54.8 Å². The highest BCUT2D eigenvalue weighted by molar-refractivity contribution is 7.10. The summed E-state index contributed by atoms with van der Waals surface area (Å²) in [5.41, 5.74) is 2.46. The fraction of sp³-hybridized carbons (Fsp3) is 0.429. The molecule has 0 unspecified atom stereocenters. The minimum Gasteiger partial charge on any atom is -0.358 e. The van der Waals surface area contributed by atoms with Crippen LogP contribution in [0.2, 0.25) is 0 Å². The van der Waals surface area contributed by atoms with E-state index in [0.29, 0.717) is 5.92 Å². The molecule has 2 amide bonds. The second kappa shape index (κ2) is 10.2. The van der Waals surface area contributed by atoms with Crippen molar-refractivity contribution in [1.82, 2.24) is 15.5 Å². The number of carbonyl (C=O) groups is 2. The number of nitrogens with one attached hydrogen (secondary N) is 2. The molecule has 5 nitrogen and oxygen atoms in total. The Morgan fingerprint density at radius 2 is 1.81 bits per heavy atom. The van der Waals surface area contributed by atoms with Crippen LogP contribution in [0.1, 0.15) is 48.2 Å². The molecule has 0 spiro atoms. The first kappa shape index (κ1) is 21.1. The molecular formula is C21H29N3O2S. The first-order valence-electron chi connectivity index (χ1n) is 9.27. The summed E-state index contributed by atoms with van der Waals surface area (Å²) in [6.07, 6.45) is 1.11.